The van der Waals surface area contributed by atoms with Crippen molar-refractivity contribution in [2.24, 2.45) is 0 Å². The summed E-state index contributed by atoms with van der Waals surface area (Å²) in [6, 6.07) is 7.62. The van der Waals surface area contributed by atoms with Gasteiger partial charge in [0.15, 0.2) is 0 Å². The highest BCUT2D eigenvalue weighted by Crippen LogP contribution is 2.13. The van der Waals surface area contributed by atoms with Gasteiger partial charge in [0.25, 0.3) is 0 Å². The second-order valence-corrected chi connectivity index (χ2v) is 7.10. The van der Waals surface area contributed by atoms with Crippen LogP contribution in [0, 0.1) is 6.92 Å². The van der Waals surface area contributed by atoms with Gasteiger partial charge in [0.05, 0.1) is 12.9 Å². The molecule has 0 heterocycles. The lowest BCUT2D eigenvalue weighted by Crippen LogP contribution is -2.35. The molecule has 0 bridgehead atoms. The van der Waals surface area contributed by atoms with E-state index in [4.69, 9.17) is 4.74 Å². The molecule has 0 fully saturated rings. The number of hydrogen-bond acceptors (Lipinski definition) is 4. The maximum atomic E-state index is 11.9. The number of rotatable bonds is 9. The van der Waals surface area contributed by atoms with Gasteiger partial charge in [-0.15, -0.1) is 0 Å². The van der Waals surface area contributed by atoms with Crippen LogP contribution in [-0.2, 0) is 26.1 Å². The molecule has 1 aromatic rings. The minimum Gasteiger partial charge on any atom is -0.383 e. The quantitative estimate of drug-likeness (QED) is 0.684. The van der Waals surface area contributed by atoms with Crippen LogP contribution in [0.25, 0.3) is 0 Å². The fourth-order valence-electron chi connectivity index (χ4n) is 1.95. The second kappa shape index (κ2) is 8.87. The fraction of sp³-hybridized carbons (Fsp3) is 0.533. The molecule has 124 valence electrons. The van der Waals surface area contributed by atoms with Crippen molar-refractivity contribution < 1.29 is 17.9 Å². The maximum Gasteiger partial charge on any atom is 0.221 e. The van der Waals surface area contributed by atoms with Crippen molar-refractivity contribution >= 4 is 15.9 Å². The third-order valence-corrected chi connectivity index (χ3v) is 4.54. The molecule has 0 aromatic heterocycles. The molecule has 1 aromatic carbocycles. The Labute approximate surface area is 132 Å². The summed E-state index contributed by atoms with van der Waals surface area (Å²) in [5.74, 6) is -0.185. The van der Waals surface area contributed by atoms with Gasteiger partial charge in [-0.2, -0.15) is 4.31 Å². The SMILES string of the molecule is COCCNC(=O)CCN(Cc1ccccc1C)S(C)(=O)=O. The Morgan fingerprint density at radius 2 is 2.00 bits per heavy atom. The molecule has 0 spiro atoms. The van der Waals surface area contributed by atoms with E-state index in [1.165, 1.54) is 4.31 Å². The first-order chi connectivity index (χ1) is 10.3. The van der Waals surface area contributed by atoms with Gasteiger partial charge in [-0.1, -0.05) is 24.3 Å². The van der Waals surface area contributed by atoms with Crippen molar-refractivity contribution in [2.45, 2.75) is 19.9 Å². The molecule has 1 N–H and O–H groups in total. The van der Waals surface area contributed by atoms with Crippen LogP contribution in [0.3, 0.4) is 0 Å². The number of nitrogens with one attached hydrogen (secondary N) is 1. The largest absolute Gasteiger partial charge is 0.383 e. The molecular weight excluding hydrogens is 304 g/mol. The van der Waals surface area contributed by atoms with Gasteiger partial charge < -0.3 is 10.1 Å². The van der Waals surface area contributed by atoms with Crippen molar-refractivity contribution in [1.82, 2.24) is 9.62 Å². The zero-order valence-electron chi connectivity index (χ0n) is 13.3. The molecule has 7 heteroatoms. The van der Waals surface area contributed by atoms with E-state index in [0.29, 0.717) is 13.2 Å². The fourth-order valence-corrected chi connectivity index (χ4v) is 2.74. The molecule has 0 radical (unpaired) electrons. The lowest BCUT2D eigenvalue weighted by molar-refractivity contribution is -0.121. The maximum absolute atomic E-state index is 11.9. The predicted octanol–water partition coefficient (Wildman–Crippen LogP) is 0.909. The average molecular weight is 328 g/mol. The summed E-state index contributed by atoms with van der Waals surface area (Å²) in [5.41, 5.74) is 1.97. The Hall–Kier alpha value is -1.44. The van der Waals surface area contributed by atoms with E-state index in [0.717, 1.165) is 17.4 Å². The number of hydrogen-bond donors (Lipinski definition) is 1. The number of carbonyl (C=O) groups excluding carboxylic acids is 1. The third-order valence-electron chi connectivity index (χ3n) is 3.29. The van der Waals surface area contributed by atoms with Crippen LogP contribution in [0.1, 0.15) is 17.5 Å². The molecule has 0 aliphatic rings. The first kappa shape index (κ1) is 18.6. The van der Waals surface area contributed by atoms with E-state index in [1.807, 2.05) is 31.2 Å². The standard InChI is InChI=1S/C15H24N2O4S/c1-13-6-4-5-7-14(13)12-17(22(3,19)20)10-8-15(18)16-9-11-21-2/h4-7H,8-12H2,1-3H3,(H,16,18). The molecule has 22 heavy (non-hydrogen) atoms. The Kier molecular flexibility index (Phi) is 7.50. The van der Waals surface area contributed by atoms with Gasteiger partial charge >= 0.3 is 0 Å². The minimum atomic E-state index is -3.37. The number of sulfonamides is 1. The summed E-state index contributed by atoms with van der Waals surface area (Å²) >= 11 is 0. The summed E-state index contributed by atoms with van der Waals surface area (Å²) in [7, 11) is -1.82. The summed E-state index contributed by atoms with van der Waals surface area (Å²) in [6.45, 7) is 3.23. The normalized spacial score (nSPS) is 11.6. The van der Waals surface area contributed by atoms with Crippen molar-refractivity contribution in [3.05, 3.63) is 35.4 Å². The molecule has 6 nitrogen and oxygen atoms in total. The minimum absolute atomic E-state index is 0.128. The summed E-state index contributed by atoms with van der Waals surface area (Å²) < 4.78 is 30.0. The Morgan fingerprint density at radius 1 is 1.32 bits per heavy atom. The highest BCUT2D eigenvalue weighted by molar-refractivity contribution is 7.88. The molecule has 1 amide bonds. The number of amides is 1. The van der Waals surface area contributed by atoms with Gasteiger partial charge in [-0.3, -0.25) is 4.79 Å². The second-order valence-electron chi connectivity index (χ2n) is 5.12. The van der Waals surface area contributed by atoms with Gasteiger partial charge in [0.2, 0.25) is 15.9 Å². The van der Waals surface area contributed by atoms with Gasteiger partial charge in [-0.25, -0.2) is 8.42 Å². The van der Waals surface area contributed by atoms with E-state index in [-0.39, 0.29) is 25.4 Å². The molecule has 1 rings (SSSR count). The number of benzene rings is 1. The van der Waals surface area contributed by atoms with Crippen LogP contribution in [-0.4, -0.2) is 51.7 Å². The lowest BCUT2D eigenvalue weighted by Gasteiger charge is -2.20. The highest BCUT2D eigenvalue weighted by atomic mass is 32.2. The molecule has 0 aliphatic carbocycles. The highest BCUT2D eigenvalue weighted by Gasteiger charge is 2.18. The van der Waals surface area contributed by atoms with E-state index >= 15 is 0 Å². The molecular formula is C15H24N2O4S. The monoisotopic (exact) mass is 328 g/mol. The zero-order valence-corrected chi connectivity index (χ0v) is 14.1. The summed E-state index contributed by atoms with van der Waals surface area (Å²) in [4.78, 5) is 11.7. The van der Waals surface area contributed by atoms with Crippen molar-refractivity contribution in [3.8, 4) is 0 Å². The third kappa shape index (κ3) is 6.55. The molecule has 0 unspecified atom stereocenters. The first-order valence-electron chi connectivity index (χ1n) is 7.10. The predicted molar refractivity (Wildman–Crippen MR) is 85.9 cm³/mol. The lowest BCUT2D eigenvalue weighted by atomic mass is 10.1. The van der Waals surface area contributed by atoms with Crippen LogP contribution in [0.15, 0.2) is 24.3 Å². The zero-order chi connectivity index (χ0) is 16.6. The van der Waals surface area contributed by atoms with Crippen LogP contribution in [0.5, 0.6) is 0 Å². The Bertz CT molecular complexity index is 587. The molecule has 0 aliphatic heterocycles. The van der Waals surface area contributed by atoms with Gasteiger partial charge in [0.1, 0.15) is 0 Å². The Balaban J connectivity index is 2.63. The molecule has 0 atom stereocenters. The van der Waals surface area contributed by atoms with Crippen LogP contribution in [0.4, 0.5) is 0 Å². The van der Waals surface area contributed by atoms with E-state index in [1.54, 1.807) is 7.11 Å². The van der Waals surface area contributed by atoms with Crippen LogP contribution in [0.2, 0.25) is 0 Å². The Morgan fingerprint density at radius 3 is 2.59 bits per heavy atom. The van der Waals surface area contributed by atoms with Crippen molar-refractivity contribution in [3.63, 3.8) is 0 Å². The number of ether oxygens (including phenoxy) is 1. The number of nitrogens with zero attached hydrogens (tertiary/aromatic N) is 1. The van der Waals surface area contributed by atoms with Gasteiger partial charge in [0, 0.05) is 33.2 Å². The smallest absolute Gasteiger partial charge is 0.221 e. The summed E-state index contributed by atoms with van der Waals surface area (Å²) in [6.07, 6.45) is 1.29. The molecule has 0 saturated heterocycles. The molecule has 0 saturated carbocycles. The van der Waals surface area contributed by atoms with Gasteiger partial charge in [-0.05, 0) is 18.1 Å². The topological polar surface area (TPSA) is 75.7 Å². The van der Waals surface area contributed by atoms with Crippen LogP contribution < -0.4 is 5.32 Å². The van der Waals surface area contributed by atoms with E-state index in [2.05, 4.69) is 5.32 Å². The number of aryl methyl sites for hydroxylation is 1. The number of methoxy groups -OCH3 is 1. The number of carbonyl (C=O) groups is 1. The average Bonchev–Trinajstić information content (AvgIpc) is 2.44. The first-order valence-corrected chi connectivity index (χ1v) is 8.94. The van der Waals surface area contributed by atoms with Crippen molar-refractivity contribution in [1.29, 1.82) is 0 Å². The summed E-state index contributed by atoms with van der Waals surface area (Å²) in [5, 5.41) is 2.68. The van der Waals surface area contributed by atoms with E-state index in [9.17, 15) is 13.2 Å². The van der Waals surface area contributed by atoms with E-state index < -0.39 is 10.0 Å². The van der Waals surface area contributed by atoms with Crippen LogP contribution >= 0.6 is 0 Å². The van der Waals surface area contributed by atoms with Crippen molar-refractivity contribution in [2.75, 3.05) is 33.1 Å².